The van der Waals surface area contributed by atoms with E-state index in [1.54, 1.807) is 32.0 Å². The predicted molar refractivity (Wildman–Crippen MR) is 132 cm³/mol. The van der Waals surface area contributed by atoms with Crippen molar-refractivity contribution in [3.63, 3.8) is 0 Å². The molecule has 2 aliphatic rings. The number of nitro benzene ring substituents is 1. The van der Waals surface area contributed by atoms with Crippen LogP contribution in [0.1, 0.15) is 68.6 Å². The van der Waals surface area contributed by atoms with Crippen LogP contribution in [-0.2, 0) is 22.3 Å². The van der Waals surface area contributed by atoms with Crippen LogP contribution in [0.5, 0.6) is 5.75 Å². The van der Waals surface area contributed by atoms with Gasteiger partial charge in [0.25, 0.3) is 17.4 Å². The summed E-state index contributed by atoms with van der Waals surface area (Å²) in [5.41, 5.74) is -1.54. The molecule has 2 aromatic carbocycles. The molecule has 0 spiro atoms. The van der Waals surface area contributed by atoms with Gasteiger partial charge in [0.1, 0.15) is 28.0 Å². The topological polar surface area (TPSA) is 178 Å². The number of nitro groups is 1. The third-order valence-electron chi connectivity index (χ3n) is 7.10. The molecule has 5 N–H and O–H groups in total. The molecule has 0 bridgehead atoms. The van der Waals surface area contributed by atoms with Crippen molar-refractivity contribution < 1.29 is 28.6 Å². The van der Waals surface area contributed by atoms with Crippen molar-refractivity contribution in [2.75, 3.05) is 0 Å². The normalized spacial score (nSPS) is 22.3. The summed E-state index contributed by atoms with van der Waals surface area (Å²) in [5, 5.41) is 32.2. The van der Waals surface area contributed by atoms with Crippen molar-refractivity contribution in [3.05, 3.63) is 85.7 Å². The molecule has 0 fully saturated rings. The number of nitrogens with one attached hydrogen (secondary N) is 2. The molecule has 0 saturated carbocycles. The van der Waals surface area contributed by atoms with Crippen LogP contribution in [0.4, 0.5) is 5.69 Å². The highest BCUT2D eigenvalue weighted by molar-refractivity contribution is 7.82. The Morgan fingerprint density at radius 3 is 2.57 bits per heavy atom. The number of amides is 1. The Kier molecular flexibility index (Phi) is 5.41. The largest absolute Gasteiger partial charge is 0.454 e. The number of hydrogen-bond donors (Lipinski definition) is 4. The van der Waals surface area contributed by atoms with Crippen molar-refractivity contribution in [1.82, 2.24) is 10.3 Å². The highest BCUT2D eigenvalue weighted by Crippen LogP contribution is 2.60. The van der Waals surface area contributed by atoms with Gasteiger partial charge in [-0.15, -0.1) is 0 Å². The second-order valence-electron chi connectivity index (χ2n) is 9.52. The summed E-state index contributed by atoms with van der Waals surface area (Å²) >= 11 is 0. The van der Waals surface area contributed by atoms with E-state index < -0.39 is 44.6 Å². The van der Waals surface area contributed by atoms with Crippen LogP contribution in [0.2, 0.25) is 0 Å². The monoisotopic (exact) mass is 524 g/mol. The molecule has 3 atom stereocenters. The van der Waals surface area contributed by atoms with Gasteiger partial charge in [0.05, 0.1) is 9.82 Å². The summed E-state index contributed by atoms with van der Waals surface area (Å²) in [4.78, 5) is 42.0. The molecule has 1 aliphatic heterocycles. The van der Waals surface area contributed by atoms with Gasteiger partial charge < -0.3 is 20.1 Å². The van der Waals surface area contributed by atoms with Gasteiger partial charge in [-0.2, -0.15) is 0 Å². The van der Waals surface area contributed by atoms with Gasteiger partial charge in [0, 0.05) is 22.9 Å². The van der Waals surface area contributed by atoms with Crippen LogP contribution in [0.3, 0.4) is 0 Å². The van der Waals surface area contributed by atoms with Crippen LogP contribution >= 0.6 is 0 Å². The minimum Gasteiger partial charge on any atom is -0.454 e. The molecule has 37 heavy (non-hydrogen) atoms. The Morgan fingerprint density at radius 2 is 1.97 bits per heavy atom. The van der Waals surface area contributed by atoms with Gasteiger partial charge >= 0.3 is 0 Å². The fraction of sp³-hybridized carbons (Fsp3) is 0.280. The summed E-state index contributed by atoms with van der Waals surface area (Å²) in [5.74, 6) is -3.99. The number of aryl methyl sites for hydroxylation is 1. The van der Waals surface area contributed by atoms with Gasteiger partial charge in [-0.25, -0.2) is 9.35 Å². The number of aliphatic hydroxyl groups is 1. The molecular weight excluding hydrogens is 500 g/mol. The number of carbonyl (C=O) groups is 2. The predicted octanol–water partition coefficient (Wildman–Crippen LogP) is 2.70. The average molecular weight is 525 g/mol. The van der Waals surface area contributed by atoms with E-state index in [-0.39, 0.29) is 38.9 Å². The molecule has 0 saturated heterocycles. The number of rotatable bonds is 5. The van der Waals surface area contributed by atoms with Gasteiger partial charge in [-0.05, 0) is 37.0 Å². The number of fused-ring (bicyclic) bond motifs is 5. The van der Waals surface area contributed by atoms with E-state index in [1.165, 1.54) is 12.1 Å². The molecule has 192 valence electrons. The van der Waals surface area contributed by atoms with Crippen molar-refractivity contribution >= 4 is 28.4 Å². The first kappa shape index (κ1) is 24.8. The van der Waals surface area contributed by atoms with Crippen LogP contribution in [0.25, 0.3) is 0 Å². The molecule has 3 aromatic rings. The lowest BCUT2D eigenvalue weighted by Crippen LogP contribution is -2.60. The minimum atomic E-state index is -2.61. The van der Waals surface area contributed by atoms with Crippen LogP contribution in [0, 0.1) is 24.0 Å². The number of Topliss-reactive ketones (excluding diaryl/α,β-unsaturated/α-hetero) is 1. The third kappa shape index (κ3) is 3.16. The maximum absolute atomic E-state index is 14.0. The molecular formula is C25H24N4O7S. The number of ketones is 1. The molecule has 11 nitrogen and oxygen atoms in total. The quantitative estimate of drug-likeness (QED) is 0.293. The van der Waals surface area contributed by atoms with E-state index >= 15 is 0 Å². The molecule has 12 heteroatoms. The summed E-state index contributed by atoms with van der Waals surface area (Å²) in [7, 11) is -1.89. The Bertz CT molecular complexity index is 1560. The Labute approximate surface area is 213 Å². The molecule has 5 rings (SSSR count). The average Bonchev–Trinajstić information content (AvgIpc) is 3.34. The number of carbonyl (C=O) groups excluding carboxylic acids is 2. The van der Waals surface area contributed by atoms with Crippen LogP contribution < -0.4 is 15.2 Å². The zero-order valence-electron chi connectivity index (χ0n) is 20.4. The van der Waals surface area contributed by atoms with E-state index in [0.29, 0.717) is 11.3 Å². The summed E-state index contributed by atoms with van der Waals surface area (Å²) in [6, 6.07) is 8.81. The fourth-order valence-electron chi connectivity index (χ4n) is 5.37. The molecule has 1 aliphatic carbocycles. The zero-order valence-corrected chi connectivity index (χ0v) is 21.2. The van der Waals surface area contributed by atoms with E-state index in [4.69, 9.17) is 9.88 Å². The molecule has 1 aromatic heterocycles. The lowest BCUT2D eigenvalue weighted by molar-refractivity contribution is -0.388. The maximum atomic E-state index is 14.0. The SMILES string of the molecule is Cc1[nH]c(C(=O)NC23C(=O)c4cccc([N+](=O)[O-])c4C2(O)Oc2cc(C(C)C)ccc23)c(C)c1S(N)=O. The third-order valence-corrected chi connectivity index (χ3v) is 8.12. The van der Waals surface area contributed by atoms with E-state index in [0.717, 1.165) is 11.6 Å². The summed E-state index contributed by atoms with van der Waals surface area (Å²) < 4.78 is 18.0. The van der Waals surface area contributed by atoms with Crippen molar-refractivity contribution in [1.29, 1.82) is 0 Å². The van der Waals surface area contributed by atoms with E-state index in [2.05, 4.69) is 10.3 Å². The summed E-state index contributed by atoms with van der Waals surface area (Å²) in [6.07, 6.45) is 0. The van der Waals surface area contributed by atoms with E-state index in [9.17, 15) is 29.0 Å². The van der Waals surface area contributed by atoms with Gasteiger partial charge in [0.15, 0.2) is 0 Å². The van der Waals surface area contributed by atoms with Gasteiger partial charge in [-0.1, -0.05) is 38.1 Å². The number of ether oxygens (including phenoxy) is 1. The lowest BCUT2D eigenvalue weighted by atomic mass is 9.82. The second-order valence-corrected chi connectivity index (χ2v) is 10.5. The zero-order chi connectivity index (χ0) is 27.0. The minimum absolute atomic E-state index is 0.0199. The number of nitrogens with two attached hydrogens (primary N) is 1. The smallest absolute Gasteiger partial charge is 0.280 e. The first-order valence-corrected chi connectivity index (χ1v) is 12.6. The number of aromatic amines is 1. The lowest BCUT2D eigenvalue weighted by Gasteiger charge is -2.34. The molecule has 1 amide bonds. The molecule has 2 heterocycles. The number of aromatic nitrogens is 1. The number of nitrogens with zero attached hydrogens (tertiary/aromatic N) is 1. The second kappa shape index (κ2) is 8.07. The number of benzene rings is 2. The number of hydrogen-bond acceptors (Lipinski definition) is 7. The Hall–Kier alpha value is -3.87. The highest BCUT2D eigenvalue weighted by Gasteiger charge is 2.73. The summed E-state index contributed by atoms with van der Waals surface area (Å²) in [6.45, 7) is 7.04. The van der Waals surface area contributed by atoms with Crippen molar-refractivity contribution in [3.8, 4) is 5.75 Å². The molecule has 3 unspecified atom stereocenters. The number of H-pyrrole nitrogens is 1. The van der Waals surface area contributed by atoms with Gasteiger partial charge in [0.2, 0.25) is 11.3 Å². The Balaban J connectivity index is 1.75. The van der Waals surface area contributed by atoms with Crippen LogP contribution in [0.15, 0.2) is 41.3 Å². The fourth-order valence-corrected chi connectivity index (χ4v) is 6.12. The first-order valence-electron chi connectivity index (χ1n) is 11.4. The van der Waals surface area contributed by atoms with Crippen molar-refractivity contribution in [2.45, 2.75) is 49.8 Å². The first-order chi connectivity index (χ1) is 17.3. The maximum Gasteiger partial charge on any atom is 0.280 e. The molecule has 0 radical (unpaired) electrons. The van der Waals surface area contributed by atoms with E-state index in [1.807, 2.05) is 13.8 Å². The van der Waals surface area contributed by atoms with Gasteiger partial charge in [-0.3, -0.25) is 19.7 Å². The standard InChI is InChI=1S/C25H24N4O7S/c1-11(2)14-8-9-16-18(10-14)36-25(32)19-15(6-5-7-17(19)29(33)34)22(30)24(16,25)28-23(31)20-12(3)21(37(26)35)13(4)27-20/h5-11,27,32H,26H2,1-4H3,(H,28,31). The van der Waals surface area contributed by atoms with Crippen LogP contribution in [-0.4, -0.2) is 30.9 Å². The Morgan fingerprint density at radius 1 is 1.27 bits per heavy atom. The van der Waals surface area contributed by atoms with Crippen molar-refractivity contribution in [2.24, 2.45) is 5.14 Å². The highest BCUT2D eigenvalue weighted by atomic mass is 32.2.